The smallest absolute Gasteiger partial charge is 0.276 e. The molecule has 5 aromatic rings. The molecular formula is C27H26N4O5. The molecule has 36 heavy (non-hydrogen) atoms. The first kappa shape index (κ1) is 23.2. The fraction of sp³-hybridized carbons (Fsp3) is 0.222. The van der Waals surface area contributed by atoms with Crippen molar-refractivity contribution in [1.29, 1.82) is 0 Å². The molecule has 3 aromatic heterocycles. The van der Waals surface area contributed by atoms with E-state index in [1.807, 2.05) is 50.2 Å². The number of aromatic nitrogens is 4. The van der Waals surface area contributed by atoms with Crippen molar-refractivity contribution < 1.29 is 18.6 Å². The van der Waals surface area contributed by atoms with Gasteiger partial charge >= 0.3 is 0 Å². The van der Waals surface area contributed by atoms with Crippen molar-refractivity contribution in [2.45, 2.75) is 20.4 Å². The predicted molar refractivity (Wildman–Crippen MR) is 135 cm³/mol. The molecule has 0 unspecified atom stereocenters. The lowest BCUT2D eigenvalue weighted by Crippen LogP contribution is -2.22. The van der Waals surface area contributed by atoms with Crippen LogP contribution >= 0.6 is 0 Å². The molecule has 5 rings (SSSR count). The SMILES string of the molecule is CCOc1ccc(-c2cc3c(=O)n(Cc4nc(-c5cccc(OC)c5OC)oc4C)ccn3n2)cc1. The first-order chi connectivity index (χ1) is 17.5. The van der Waals surface area contributed by atoms with Crippen LogP contribution in [-0.4, -0.2) is 40.0 Å². The van der Waals surface area contributed by atoms with Gasteiger partial charge in [0.1, 0.15) is 22.7 Å². The number of benzene rings is 2. The molecule has 0 N–H and O–H groups in total. The molecule has 0 radical (unpaired) electrons. The second-order valence-corrected chi connectivity index (χ2v) is 8.11. The number of aryl methyl sites for hydroxylation is 1. The highest BCUT2D eigenvalue weighted by atomic mass is 16.5. The van der Waals surface area contributed by atoms with E-state index in [0.29, 0.717) is 52.2 Å². The summed E-state index contributed by atoms with van der Waals surface area (Å²) in [7, 11) is 3.15. The van der Waals surface area contributed by atoms with E-state index >= 15 is 0 Å². The van der Waals surface area contributed by atoms with E-state index in [4.69, 9.17) is 18.6 Å². The van der Waals surface area contributed by atoms with Crippen molar-refractivity contribution in [1.82, 2.24) is 19.2 Å². The Morgan fingerprint density at radius 3 is 2.56 bits per heavy atom. The highest BCUT2D eigenvalue weighted by Crippen LogP contribution is 2.38. The van der Waals surface area contributed by atoms with Crippen molar-refractivity contribution in [2.75, 3.05) is 20.8 Å². The van der Waals surface area contributed by atoms with Crippen LogP contribution in [0.25, 0.3) is 28.2 Å². The Hall–Kier alpha value is -4.53. The maximum atomic E-state index is 13.3. The van der Waals surface area contributed by atoms with Crippen molar-refractivity contribution in [3.63, 3.8) is 0 Å². The number of ether oxygens (including phenoxy) is 3. The molecule has 0 spiro atoms. The van der Waals surface area contributed by atoms with Crippen LogP contribution in [0, 0.1) is 6.92 Å². The first-order valence-electron chi connectivity index (χ1n) is 11.5. The van der Waals surface area contributed by atoms with Crippen LogP contribution in [0.1, 0.15) is 18.4 Å². The quantitative estimate of drug-likeness (QED) is 0.317. The van der Waals surface area contributed by atoms with Gasteiger partial charge in [0.05, 0.1) is 38.6 Å². The van der Waals surface area contributed by atoms with Gasteiger partial charge in [0.15, 0.2) is 11.5 Å². The Kier molecular flexibility index (Phi) is 6.20. The van der Waals surface area contributed by atoms with Crippen LogP contribution < -0.4 is 19.8 Å². The van der Waals surface area contributed by atoms with Gasteiger partial charge in [-0.05, 0) is 56.3 Å². The maximum absolute atomic E-state index is 13.3. The number of oxazole rings is 1. The van der Waals surface area contributed by atoms with Crippen LogP contribution in [0.15, 0.2) is 70.1 Å². The van der Waals surface area contributed by atoms with Crippen LogP contribution in [0.5, 0.6) is 17.2 Å². The summed E-state index contributed by atoms with van der Waals surface area (Å²) in [4.78, 5) is 17.9. The predicted octanol–water partition coefficient (Wildman–Crippen LogP) is 4.59. The minimum atomic E-state index is -0.176. The summed E-state index contributed by atoms with van der Waals surface area (Å²) in [6.45, 7) is 4.62. The third kappa shape index (κ3) is 4.19. The van der Waals surface area contributed by atoms with Gasteiger partial charge in [-0.25, -0.2) is 9.50 Å². The fourth-order valence-electron chi connectivity index (χ4n) is 4.09. The van der Waals surface area contributed by atoms with E-state index in [1.54, 1.807) is 47.8 Å². The van der Waals surface area contributed by atoms with E-state index in [9.17, 15) is 4.79 Å². The van der Waals surface area contributed by atoms with Crippen LogP contribution in [0.4, 0.5) is 0 Å². The number of methoxy groups -OCH3 is 2. The molecule has 0 saturated heterocycles. The number of nitrogens with zero attached hydrogens (tertiary/aromatic N) is 4. The lowest BCUT2D eigenvalue weighted by Gasteiger charge is -2.10. The second kappa shape index (κ2) is 9.61. The third-order valence-electron chi connectivity index (χ3n) is 5.91. The Bertz CT molecular complexity index is 1580. The first-order valence-corrected chi connectivity index (χ1v) is 11.5. The molecule has 3 heterocycles. The highest BCUT2D eigenvalue weighted by molar-refractivity contribution is 5.68. The Balaban J connectivity index is 1.46. The largest absolute Gasteiger partial charge is 0.494 e. The second-order valence-electron chi connectivity index (χ2n) is 8.11. The molecule has 2 aromatic carbocycles. The Morgan fingerprint density at radius 1 is 1.03 bits per heavy atom. The molecule has 0 aliphatic carbocycles. The van der Waals surface area contributed by atoms with E-state index in [2.05, 4.69) is 10.1 Å². The zero-order valence-electron chi connectivity index (χ0n) is 20.5. The zero-order chi connectivity index (χ0) is 25.2. The molecule has 0 amide bonds. The van der Waals surface area contributed by atoms with Gasteiger partial charge in [-0.2, -0.15) is 5.10 Å². The highest BCUT2D eigenvalue weighted by Gasteiger charge is 2.19. The van der Waals surface area contributed by atoms with Gasteiger partial charge in [-0.15, -0.1) is 0 Å². The number of hydrogen-bond donors (Lipinski definition) is 0. The van der Waals surface area contributed by atoms with E-state index in [0.717, 1.165) is 11.3 Å². The number of para-hydroxylation sites is 1. The third-order valence-corrected chi connectivity index (χ3v) is 5.91. The molecule has 0 aliphatic rings. The summed E-state index contributed by atoms with van der Waals surface area (Å²) in [6, 6.07) is 14.9. The normalized spacial score (nSPS) is 11.1. The van der Waals surface area contributed by atoms with Gasteiger partial charge < -0.3 is 23.2 Å². The minimum Gasteiger partial charge on any atom is -0.494 e. The molecular weight excluding hydrogens is 460 g/mol. The van der Waals surface area contributed by atoms with Gasteiger partial charge in [-0.1, -0.05) is 6.07 Å². The molecule has 0 saturated carbocycles. The summed E-state index contributed by atoms with van der Waals surface area (Å²) in [5.74, 6) is 2.92. The average Bonchev–Trinajstić information content (AvgIpc) is 3.50. The summed E-state index contributed by atoms with van der Waals surface area (Å²) in [6.07, 6.45) is 3.46. The zero-order valence-corrected chi connectivity index (χ0v) is 20.5. The molecule has 184 valence electrons. The Morgan fingerprint density at radius 2 is 1.83 bits per heavy atom. The number of fused-ring (bicyclic) bond motifs is 1. The molecule has 0 atom stereocenters. The molecule has 0 fully saturated rings. The standard InChI is InChI=1S/C27H26N4O5/c1-5-35-19-11-9-18(10-12-19)21-15-23-27(32)30(13-14-31(23)29-21)16-22-17(2)36-26(28-22)20-7-6-8-24(33-3)25(20)34-4/h6-15H,5,16H2,1-4H3. The van der Waals surface area contributed by atoms with Gasteiger partial charge in [0, 0.05) is 18.0 Å². The van der Waals surface area contributed by atoms with E-state index in [-0.39, 0.29) is 12.1 Å². The van der Waals surface area contributed by atoms with Gasteiger partial charge in [0.25, 0.3) is 5.56 Å². The van der Waals surface area contributed by atoms with Crippen LogP contribution in [-0.2, 0) is 6.54 Å². The molecule has 0 bridgehead atoms. The van der Waals surface area contributed by atoms with E-state index < -0.39 is 0 Å². The van der Waals surface area contributed by atoms with Crippen molar-refractivity contribution in [2.24, 2.45) is 0 Å². The summed E-state index contributed by atoms with van der Waals surface area (Å²) >= 11 is 0. The molecule has 9 heteroatoms. The van der Waals surface area contributed by atoms with Crippen molar-refractivity contribution in [3.8, 4) is 40.0 Å². The van der Waals surface area contributed by atoms with Crippen molar-refractivity contribution in [3.05, 3.63) is 82.7 Å². The van der Waals surface area contributed by atoms with Gasteiger partial charge in [-0.3, -0.25) is 4.79 Å². The average molecular weight is 487 g/mol. The molecule has 0 aliphatic heterocycles. The summed E-state index contributed by atoms with van der Waals surface area (Å²) in [5, 5.41) is 4.57. The lowest BCUT2D eigenvalue weighted by atomic mass is 10.1. The number of hydrogen-bond acceptors (Lipinski definition) is 7. The lowest BCUT2D eigenvalue weighted by molar-refractivity contribution is 0.340. The summed E-state index contributed by atoms with van der Waals surface area (Å²) in [5.41, 5.74) is 3.22. The van der Waals surface area contributed by atoms with Gasteiger partial charge in [0.2, 0.25) is 5.89 Å². The fourth-order valence-corrected chi connectivity index (χ4v) is 4.09. The molecule has 9 nitrogen and oxygen atoms in total. The van der Waals surface area contributed by atoms with Crippen molar-refractivity contribution >= 4 is 5.52 Å². The van der Waals surface area contributed by atoms with Crippen LogP contribution in [0.3, 0.4) is 0 Å². The minimum absolute atomic E-state index is 0.176. The Labute approximate surface area is 207 Å². The summed E-state index contributed by atoms with van der Waals surface area (Å²) < 4.78 is 25.5. The maximum Gasteiger partial charge on any atom is 0.276 e. The monoisotopic (exact) mass is 486 g/mol. The van der Waals surface area contributed by atoms with Crippen LogP contribution in [0.2, 0.25) is 0 Å². The topological polar surface area (TPSA) is 93.0 Å². The van der Waals surface area contributed by atoms with E-state index in [1.165, 1.54) is 0 Å². The number of rotatable bonds is 8.